The third-order valence-corrected chi connectivity index (χ3v) is 6.02. The van der Waals surface area contributed by atoms with Crippen molar-refractivity contribution < 1.29 is 9.59 Å². The third-order valence-electron chi connectivity index (χ3n) is 6.02. The van der Waals surface area contributed by atoms with Crippen LogP contribution in [0.1, 0.15) is 38.3 Å². The Morgan fingerprint density at radius 2 is 2.23 bits per heavy atom. The normalized spacial score (nSPS) is 32.0. The first-order chi connectivity index (χ1) is 12.6. The summed E-state index contributed by atoms with van der Waals surface area (Å²) in [5.41, 5.74) is 7.30. The molecule has 2 unspecified atom stereocenters. The number of carbonyl (C=O) groups excluding carboxylic acids is 2. The zero-order valence-corrected chi connectivity index (χ0v) is 15.3. The second-order valence-corrected chi connectivity index (χ2v) is 7.83. The first-order valence-electron chi connectivity index (χ1n) is 9.68. The lowest BCUT2D eigenvalue weighted by molar-refractivity contribution is -0.144. The Labute approximate surface area is 153 Å². The smallest absolute Gasteiger partial charge is 0.241 e. The molecule has 0 saturated carbocycles. The number of carbonyl (C=O) groups is 2. The maximum atomic E-state index is 12.8. The number of imidazole rings is 1. The minimum Gasteiger partial charge on any atom is -0.348 e. The molecule has 0 aliphatic carbocycles. The summed E-state index contributed by atoms with van der Waals surface area (Å²) in [4.78, 5) is 36.5. The Morgan fingerprint density at radius 3 is 2.96 bits per heavy atom. The monoisotopic (exact) mass is 360 g/mol. The fraction of sp³-hybridized carbons (Fsp3) is 0.722. The van der Waals surface area contributed by atoms with Crippen molar-refractivity contribution >= 4 is 11.8 Å². The molecule has 1 aromatic rings. The van der Waals surface area contributed by atoms with Crippen LogP contribution in [0.5, 0.6) is 0 Å². The Kier molecular flexibility index (Phi) is 4.95. The molecule has 8 heteroatoms. The van der Waals surface area contributed by atoms with Gasteiger partial charge in [-0.1, -0.05) is 0 Å². The molecule has 0 spiro atoms. The molecule has 1 aromatic heterocycles. The van der Waals surface area contributed by atoms with E-state index >= 15 is 0 Å². The number of likely N-dealkylation sites (tertiary alicyclic amines) is 2. The Balaban J connectivity index is 1.37. The number of hydrazine groups is 1. The van der Waals surface area contributed by atoms with Gasteiger partial charge in [-0.05, 0) is 32.1 Å². The standard InChI is InChI=1S/C18H28N6O2/c1-12-8-15(22-21-12)18(26)23-6-5-16-13(10-23)2-3-17(25)24(16)7-4-14-9-19-11-20-14/h9,11-13,15-16,21-22H,2-8,10H2,1H3,(H,19,20)/t12?,13-,15?,16+/m0/s1. The van der Waals surface area contributed by atoms with E-state index in [1.165, 1.54) is 0 Å². The van der Waals surface area contributed by atoms with Gasteiger partial charge in [-0.2, -0.15) is 0 Å². The van der Waals surface area contributed by atoms with Gasteiger partial charge in [0.2, 0.25) is 11.8 Å². The summed E-state index contributed by atoms with van der Waals surface area (Å²) < 4.78 is 0. The van der Waals surface area contributed by atoms with Crippen molar-refractivity contribution in [2.45, 2.75) is 57.2 Å². The summed E-state index contributed by atoms with van der Waals surface area (Å²) in [6.45, 7) is 4.31. The van der Waals surface area contributed by atoms with Crippen LogP contribution >= 0.6 is 0 Å². The van der Waals surface area contributed by atoms with Crippen LogP contribution in [0.3, 0.4) is 0 Å². The van der Waals surface area contributed by atoms with E-state index in [1.807, 2.05) is 16.0 Å². The predicted octanol–water partition coefficient (Wildman–Crippen LogP) is 0.0467. The molecule has 0 bridgehead atoms. The summed E-state index contributed by atoms with van der Waals surface area (Å²) >= 11 is 0. The number of nitrogens with one attached hydrogen (secondary N) is 3. The van der Waals surface area contributed by atoms with Crippen LogP contribution < -0.4 is 10.9 Å². The largest absolute Gasteiger partial charge is 0.348 e. The lowest BCUT2D eigenvalue weighted by atomic mass is 9.83. The highest BCUT2D eigenvalue weighted by molar-refractivity contribution is 5.82. The Bertz CT molecular complexity index is 648. The maximum Gasteiger partial charge on any atom is 0.241 e. The molecule has 0 radical (unpaired) electrons. The van der Waals surface area contributed by atoms with Crippen LogP contribution in [0, 0.1) is 5.92 Å². The topological polar surface area (TPSA) is 93.4 Å². The van der Waals surface area contributed by atoms with Crippen LogP contribution in [-0.4, -0.2) is 69.3 Å². The van der Waals surface area contributed by atoms with Gasteiger partial charge in [0.25, 0.3) is 0 Å². The third kappa shape index (κ3) is 3.48. The molecule has 8 nitrogen and oxygen atoms in total. The lowest BCUT2D eigenvalue weighted by Gasteiger charge is -2.47. The van der Waals surface area contributed by atoms with Gasteiger partial charge < -0.3 is 14.8 Å². The number of nitrogens with zero attached hydrogens (tertiary/aromatic N) is 3. The van der Waals surface area contributed by atoms with E-state index in [9.17, 15) is 9.59 Å². The minimum atomic E-state index is -0.122. The van der Waals surface area contributed by atoms with Gasteiger partial charge in [-0.15, -0.1) is 0 Å². The van der Waals surface area contributed by atoms with Crippen LogP contribution in [0.2, 0.25) is 0 Å². The molecule has 3 aliphatic heterocycles. The van der Waals surface area contributed by atoms with Gasteiger partial charge in [0, 0.05) is 56.5 Å². The quantitative estimate of drug-likeness (QED) is 0.705. The minimum absolute atomic E-state index is 0.122. The highest BCUT2D eigenvalue weighted by Crippen LogP contribution is 2.32. The van der Waals surface area contributed by atoms with Gasteiger partial charge in [-0.3, -0.25) is 15.0 Å². The zero-order chi connectivity index (χ0) is 18.1. The fourth-order valence-corrected chi connectivity index (χ4v) is 4.60. The first-order valence-corrected chi connectivity index (χ1v) is 9.68. The summed E-state index contributed by atoms with van der Waals surface area (Å²) in [5.74, 6) is 0.834. The van der Waals surface area contributed by atoms with Crippen molar-refractivity contribution in [3.63, 3.8) is 0 Å². The summed E-state index contributed by atoms with van der Waals surface area (Å²) in [6.07, 6.45) is 7.48. The van der Waals surface area contributed by atoms with Crippen molar-refractivity contribution in [2.75, 3.05) is 19.6 Å². The average molecular weight is 360 g/mol. The number of aromatic amines is 1. The van der Waals surface area contributed by atoms with E-state index < -0.39 is 0 Å². The fourth-order valence-electron chi connectivity index (χ4n) is 4.60. The van der Waals surface area contributed by atoms with Crippen molar-refractivity contribution in [3.8, 4) is 0 Å². The van der Waals surface area contributed by atoms with E-state index in [1.54, 1.807) is 6.33 Å². The van der Waals surface area contributed by atoms with Crippen LogP contribution in [-0.2, 0) is 16.0 Å². The summed E-state index contributed by atoms with van der Waals surface area (Å²) in [5, 5.41) is 0. The lowest BCUT2D eigenvalue weighted by Crippen LogP contribution is -2.59. The van der Waals surface area contributed by atoms with Crippen LogP contribution in [0.25, 0.3) is 0 Å². The van der Waals surface area contributed by atoms with E-state index in [-0.39, 0.29) is 23.9 Å². The van der Waals surface area contributed by atoms with Crippen molar-refractivity contribution in [1.82, 2.24) is 30.6 Å². The molecule has 0 aromatic carbocycles. The average Bonchev–Trinajstić information content (AvgIpc) is 3.31. The summed E-state index contributed by atoms with van der Waals surface area (Å²) in [7, 11) is 0. The van der Waals surface area contributed by atoms with E-state index in [0.29, 0.717) is 18.4 Å². The molecule has 142 valence electrons. The number of piperidine rings is 2. The number of hydrogen-bond acceptors (Lipinski definition) is 5. The van der Waals surface area contributed by atoms with E-state index in [2.05, 4.69) is 27.7 Å². The number of hydrogen-bond donors (Lipinski definition) is 3. The molecule has 4 rings (SSSR count). The number of rotatable bonds is 4. The summed E-state index contributed by atoms with van der Waals surface area (Å²) in [6, 6.07) is 0.465. The van der Waals surface area contributed by atoms with Gasteiger partial charge in [0.05, 0.1) is 6.33 Å². The number of H-pyrrole nitrogens is 1. The zero-order valence-electron chi connectivity index (χ0n) is 15.3. The van der Waals surface area contributed by atoms with Crippen molar-refractivity contribution in [2.24, 2.45) is 5.92 Å². The predicted molar refractivity (Wildman–Crippen MR) is 95.9 cm³/mol. The number of amides is 2. The van der Waals surface area contributed by atoms with Gasteiger partial charge in [-0.25, -0.2) is 10.4 Å². The molecular formula is C18H28N6O2. The SMILES string of the molecule is CC1CC(C(=O)N2CC[C@@H]3[C@@H](CCC(=O)N3CCc3cnc[nH]3)C2)NN1. The second kappa shape index (κ2) is 7.36. The molecule has 3 fully saturated rings. The van der Waals surface area contributed by atoms with Crippen molar-refractivity contribution in [1.29, 1.82) is 0 Å². The molecular weight excluding hydrogens is 332 g/mol. The van der Waals surface area contributed by atoms with E-state index in [0.717, 1.165) is 51.0 Å². The van der Waals surface area contributed by atoms with Gasteiger partial charge in [0.15, 0.2) is 0 Å². The van der Waals surface area contributed by atoms with E-state index in [4.69, 9.17) is 0 Å². The highest BCUT2D eigenvalue weighted by atomic mass is 16.2. The number of aromatic nitrogens is 2. The molecule has 3 aliphatic rings. The maximum absolute atomic E-state index is 12.8. The molecule has 3 N–H and O–H groups in total. The Hall–Kier alpha value is -1.93. The molecule has 4 atom stereocenters. The Morgan fingerprint density at radius 1 is 1.35 bits per heavy atom. The number of fused-ring (bicyclic) bond motifs is 1. The van der Waals surface area contributed by atoms with Crippen LogP contribution in [0.4, 0.5) is 0 Å². The van der Waals surface area contributed by atoms with Crippen molar-refractivity contribution in [3.05, 3.63) is 18.2 Å². The molecule has 4 heterocycles. The van der Waals surface area contributed by atoms with Gasteiger partial charge >= 0.3 is 0 Å². The second-order valence-electron chi connectivity index (χ2n) is 7.83. The highest BCUT2D eigenvalue weighted by Gasteiger charge is 2.41. The van der Waals surface area contributed by atoms with Crippen LogP contribution in [0.15, 0.2) is 12.5 Å². The molecule has 3 saturated heterocycles. The molecule has 2 amide bonds. The molecule has 26 heavy (non-hydrogen) atoms. The van der Waals surface area contributed by atoms with Gasteiger partial charge in [0.1, 0.15) is 6.04 Å². The first kappa shape index (κ1) is 17.5.